The molecule has 1 amide bonds. The SMILES string of the molecule is Bc1nc(NC(=O)C2CCNCC2)cc2cc(-c3cnn(C)c3)ccc12. The second kappa shape index (κ2) is 6.92. The van der Waals surface area contributed by atoms with Crippen LogP contribution in [0.25, 0.3) is 21.9 Å². The quantitative estimate of drug-likeness (QED) is 0.689. The Morgan fingerprint density at radius 1 is 1.27 bits per heavy atom. The highest BCUT2D eigenvalue weighted by molar-refractivity contribution is 6.37. The molecule has 0 aliphatic carbocycles. The minimum atomic E-state index is 0.0655. The number of pyridine rings is 1. The Morgan fingerprint density at radius 3 is 2.81 bits per heavy atom. The first-order valence-electron chi connectivity index (χ1n) is 9.02. The van der Waals surface area contributed by atoms with Crippen LogP contribution >= 0.6 is 0 Å². The van der Waals surface area contributed by atoms with Crippen LogP contribution < -0.4 is 16.2 Å². The number of benzene rings is 1. The molecular formula is C19H22BN5O. The Kier molecular flexibility index (Phi) is 4.47. The number of carbonyl (C=O) groups is 1. The molecule has 3 aromatic rings. The Hall–Kier alpha value is -2.67. The highest BCUT2D eigenvalue weighted by Gasteiger charge is 2.21. The summed E-state index contributed by atoms with van der Waals surface area (Å²) in [5, 5.41) is 12.7. The number of hydrogen-bond acceptors (Lipinski definition) is 4. The monoisotopic (exact) mass is 347 g/mol. The third-order valence-electron chi connectivity index (χ3n) is 5.02. The second-order valence-corrected chi connectivity index (χ2v) is 6.95. The minimum Gasteiger partial charge on any atom is -0.317 e. The fraction of sp³-hybridized carbons (Fsp3) is 0.316. The number of carbonyl (C=O) groups excluding carboxylic acids is 1. The van der Waals surface area contributed by atoms with E-state index >= 15 is 0 Å². The van der Waals surface area contributed by atoms with E-state index in [1.54, 1.807) is 4.68 Å². The molecule has 0 saturated carbocycles. The van der Waals surface area contributed by atoms with Crippen LogP contribution in [0.3, 0.4) is 0 Å². The first-order valence-corrected chi connectivity index (χ1v) is 9.02. The van der Waals surface area contributed by atoms with E-state index in [1.807, 2.05) is 33.4 Å². The number of rotatable bonds is 3. The maximum Gasteiger partial charge on any atom is 0.228 e. The summed E-state index contributed by atoms with van der Waals surface area (Å²) in [4.78, 5) is 17.1. The van der Waals surface area contributed by atoms with Crippen molar-refractivity contribution in [3.8, 4) is 11.1 Å². The fourth-order valence-electron chi connectivity index (χ4n) is 3.56. The molecule has 0 bridgehead atoms. The zero-order valence-electron chi connectivity index (χ0n) is 15.1. The second-order valence-electron chi connectivity index (χ2n) is 6.95. The van der Waals surface area contributed by atoms with Gasteiger partial charge in [0.1, 0.15) is 5.82 Å². The van der Waals surface area contributed by atoms with Crippen molar-refractivity contribution in [2.75, 3.05) is 18.4 Å². The molecule has 3 heterocycles. The summed E-state index contributed by atoms with van der Waals surface area (Å²) in [6, 6.07) is 8.25. The lowest BCUT2D eigenvalue weighted by molar-refractivity contribution is -0.120. The van der Waals surface area contributed by atoms with Crippen molar-refractivity contribution in [2.45, 2.75) is 12.8 Å². The maximum atomic E-state index is 12.5. The van der Waals surface area contributed by atoms with Gasteiger partial charge < -0.3 is 10.6 Å². The normalized spacial score (nSPS) is 15.3. The third-order valence-corrected chi connectivity index (χ3v) is 5.02. The van der Waals surface area contributed by atoms with Crippen LogP contribution in [0.5, 0.6) is 0 Å². The number of nitrogens with one attached hydrogen (secondary N) is 2. The number of amides is 1. The Bertz CT molecular complexity index is 962. The number of anilines is 1. The molecule has 1 fully saturated rings. The van der Waals surface area contributed by atoms with Crippen LogP contribution in [0.15, 0.2) is 36.7 Å². The van der Waals surface area contributed by atoms with Gasteiger partial charge in [-0.1, -0.05) is 12.1 Å². The molecule has 1 aromatic carbocycles. The van der Waals surface area contributed by atoms with Crippen LogP contribution in [0.4, 0.5) is 5.82 Å². The van der Waals surface area contributed by atoms with Gasteiger partial charge in [0.15, 0.2) is 7.85 Å². The van der Waals surface area contributed by atoms with E-state index in [0.717, 1.165) is 53.4 Å². The van der Waals surface area contributed by atoms with Crippen molar-refractivity contribution in [3.63, 3.8) is 0 Å². The van der Waals surface area contributed by atoms with Crippen molar-refractivity contribution in [1.29, 1.82) is 0 Å². The molecule has 7 heteroatoms. The van der Waals surface area contributed by atoms with Crippen molar-refractivity contribution in [3.05, 3.63) is 36.7 Å². The third kappa shape index (κ3) is 3.35. The molecule has 0 spiro atoms. The lowest BCUT2D eigenvalue weighted by Gasteiger charge is -2.21. The van der Waals surface area contributed by atoms with Gasteiger partial charge in [0.25, 0.3) is 0 Å². The van der Waals surface area contributed by atoms with Gasteiger partial charge in [-0.2, -0.15) is 5.10 Å². The molecule has 1 aliphatic heterocycles. The van der Waals surface area contributed by atoms with Gasteiger partial charge in [0.05, 0.1) is 6.20 Å². The summed E-state index contributed by atoms with van der Waals surface area (Å²) in [6.45, 7) is 1.80. The number of fused-ring (bicyclic) bond motifs is 1. The van der Waals surface area contributed by atoms with Crippen LogP contribution in [-0.2, 0) is 11.8 Å². The van der Waals surface area contributed by atoms with Crippen LogP contribution in [0.1, 0.15) is 12.8 Å². The standard InChI is InChI=1S/C19H22BN5O/c1-25-11-15(10-22-25)13-2-3-16-14(8-13)9-17(23-18(16)20)24-19(26)12-4-6-21-7-5-12/h2-3,8-12,21H,4-7,20H2,1H3,(H,23,24,26). The van der Waals surface area contributed by atoms with Gasteiger partial charge in [0, 0.05) is 30.3 Å². The predicted octanol–water partition coefficient (Wildman–Crippen LogP) is 0.832. The number of aryl methyl sites for hydroxylation is 1. The summed E-state index contributed by atoms with van der Waals surface area (Å²) in [5.41, 5.74) is 3.09. The van der Waals surface area contributed by atoms with Crippen molar-refractivity contribution in [1.82, 2.24) is 20.1 Å². The molecule has 26 heavy (non-hydrogen) atoms. The average Bonchev–Trinajstić information content (AvgIpc) is 3.08. The van der Waals surface area contributed by atoms with E-state index in [1.165, 1.54) is 0 Å². The molecule has 0 radical (unpaired) electrons. The van der Waals surface area contributed by atoms with Crippen molar-refractivity contribution < 1.29 is 4.79 Å². The zero-order valence-corrected chi connectivity index (χ0v) is 15.1. The van der Waals surface area contributed by atoms with E-state index in [9.17, 15) is 4.79 Å². The highest BCUT2D eigenvalue weighted by atomic mass is 16.1. The van der Waals surface area contributed by atoms with Crippen molar-refractivity contribution in [2.24, 2.45) is 13.0 Å². The Balaban J connectivity index is 1.64. The van der Waals surface area contributed by atoms with Crippen LogP contribution in [-0.4, -0.2) is 41.6 Å². The van der Waals surface area contributed by atoms with E-state index in [4.69, 9.17) is 0 Å². The van der Waals surface area contributed by atoms with E-state index in [2.05, 4.69) is 38.9 Å². The summed E-state index contributed by atoms with van der Waals surface area (Å²) in [6.07, 6.45) is 5.61. The van der Waals surface area contributed by atoms with Gasteiger partial charge in [0.2, 0.25) is 5.91 Å². The zero-order chi connectivity index (χ0) is 18.1. The molecule has 0 atom stereocenters. The summed E-state index contributed by atoms with van der Waals surface area (Å²) in [7, 11) is 3.89. The highest BCUT2D eigenvalue weighted by Crippen LogP contribution is 2.24. The van der Waals surface area contributed by atoms with Gasteiger partial charge in [-0.15, -0.1) is 0 Å². The summed E-state index contributed by atoms with van der Waals surface area (Å²) < 4.78 is 1.79. The lowest BCUT2D eigenvalue weighted by Crippen LogP contribution is -2.35. The van der Waals surface area contributed by atoms with E-state index in [0.29, 0.717) is 5.82 Å². The number of hydrogen-bond donors (Lipinski definition) is 2. The van der Waals surface area contributed by atoms with Gasteiger partial charge in [-0.05, 0) is 54.4 Å². The molecule has 2 N–H and O–H groups in total. The largest absolute Gasteiger partial charge is 0.317 e. The Morgan fingerprint density at radius 2 is 2.08 bits per heavy atom. The minimum absolute atomic E-state index is 0.0655. The molecule has 0 unspecified atom stereocenters. The van der Waals surface area contributed by atoms with Gasteiger partial charge in [-0.3, -0.25) is 9.48 Å². The molecule has 4 rings (SSSR count). The molecule has 1 saturated heterocycles. The molecule has 2 aromatic heterocycles. The van der Waals surface area contributed by atoms with E-state index < -0.39 is 0 Å². The maximum absolute atomic E-state index is 12.5. The number of piperidine rings is 1. The molecule has 6 nitrogen and oxygen atoms in total. The number of aromatic nitrogens is 3. The predicted molar refractivity (Wildman–Crippen MR) is 106 cm³/mol. The number of nitrogens with zero attached hydrogens (tertiary/aromatic N) is 3. The molecule has 132 valence electrons. The average molecular weight is 347 g/mol. The first kappa shape index (κ1) is 16.8. The Labute approximate surface area is 153 Å². The van der Waals surface area contributed by atoms with E-state index in [-0.39, 0.29) is 11.8 Å². The van der Waals surface area contributed by atoms with Gasteiger partial charge in [-0.25, -0.2) is 4.98 Å². The van der Waals surface area contributed by atoms with Crippen LogP contribution in [0, 0.1) is 5.92 Å². The molecule has 1 aliphatic rings. The summed E-state index contributed by atoms with van der Waals surface area (Å²) in [5.74, 6) is 0.763. The molecular weight excluding hydrogens is 325 g/mol. The first-order chi connectivity index (χ1) is 12.6. The summed E-state index contributed by atoms with van der Waals surface area (Å²) >= 11 is 0. The van der Waals surface area contributed by atoms with Crippen LogP contribution in [0.2, 0.25) is 0 Å². The van der Waals surface area contributed by atoms with Crippen molar-refractivity contribution >= 4 is 35.9 Å². The smallest absolute Gasteiger partial charge is 0.228 e. The lowest BCUT2D eigenvalue weighted by atomic mass is 9.94. The van der Waals surface area contributed by atoms with Gasteiger partial charge >= 0.3 is 0 Å². The fourth-order valence-corrected chi connectivity index (χ4v) is 3.56. The topological polar surface area (TPSA) is 71.8 Å².